The maximum absolute atomic E-state index is 13.0. The van der Waals surface area contributed by atoms with Gasteiger partial charge in [-0.25, -0.2) is 24.5 Å². The van der Waals surface area contributed by atoms with E-state index in [1.165, 1.54) is 25.1 Å². The Bertz CT molecular complexity index is 874. The summed E-state index contributed by atoms with van der Waals surface area (Å²) in [5.74, 6) is -1.56. The predicted octanol–water partition coefficient (Wildman–Crippen LogP) is 3.46. The smallest absolute Gasteiger partial charge is 0.433 e. The monoisotopic (exact) mass is 388 g/mol. The van der Waals surface area contributed by atoms with Crippen LogP contribution in [0.3, 0.4) is 0 Å². The van der Waals surface area contributed by atoms with Crippen molar-refractivity contribution in [2.45, 2.75) is 13.1 Å². The van der Waals surface area contributed by atoms with Gasteiger partial charge in [-0.15, -0.1) is 0 Å². The molecule has 11 heteroatoms. The van der Waals surface area contributed by atoms with Crippen LogP contribution < -0.4 is 10.6 Å². The van der Waals surface area contributed by atoms with E-state index in [-0.39, 0.29) is 22.0 Å². The molecular formula is C15H12ClF3N4O3. The van der Waals surface area contributed by atoms with Crippen LogP contribution in [-0.2, 0) is 10.9 Å². The third-order valence-electron chi connectivity index (χ3n) is 3.17. The molecule has 0 aliphatic heterocycles. The molecule has 0 radical (unpaired) electrons. The molecule has 1 heterocycles. The molecule has 0 fully saturated rings. The van der Waals surface area contributed by atoms with E-state index in [4.69, 9.17) is 17.3 Å². The second-order valence-corrected chi connectivity index (χ2v) is 5.40. The summed E-state index contributed by atoms with van der Waals surface area (Å²) in [6, 6.07) is 3.46. The second-order valence-electron chi connectivity index (χ2n) is 4.99. The van der Waals surface area contributed by atoms with Crippen LogP contribution in [-0.4, -0.2) is 29.1 Å². The highest BCUT2D eigenvalue weighted by molar-refractivity contribution is 6.35. The SMILES string of the molecule is COC(=O)c1cccc(Cl)c1N(C(N)=O)c1nc(C)cc(C(F)(F)F)n1. The number of benzene rings is 1. The third-order valence-corrected chi connectivity index (χ3v) is 3.47. The molecule has 0 spiro atoms. The minimum atomic E-state index is -4.78. The molecule has 0 saturated carbocycles. The minimum absolute atomic E-state index is 0.0692. The van der Waals surface area contributed by atoms with Gasteiger partial charge in [-0.05, 0) is 25.1 Å². The summed E-state index contributed by atoms with van der Waals surface area (Å²) in [7, 11) is 1.09. The van der Waals surface area contributed by atoms with Crippen molar-refractivity contribution in [3.63, 3.8) is 0 Å². The van der Waals surface area contributed by atoms with Crippen LogP contribution in [0.1, 0.15) is 21.7 Å². The van der Waals surface area contributed by atoms with Crippen LogP contribution in [0.2, 0.25) is 5.02 Å². The Labute approximate surface area is 150 Å². The number of anilines is 2. The summed E-state index contributed by atoms with van der Waals surface area (Å²) in [6.45, 7) is 1.29. The number of aromatic nitrogens is 2. The highest BCUT2D eigenvalue weighted by Crippen LogP contribution is 2.36. The van der Waals surface area contributed by atoms with Crippen molar-refractivity contribution in [2.75, 3.05) is 12.0 Å². The lowest BCUT2D eigenvalue weighted by Crippen LogP contribution is -2.35. The number of primary amides is 1. The first-order chi connectivity index (χ1) is 12.1. The van der Waals surface area contributed by atoms with Gasteiger partial charge >= 0.3 is 18.2 Å². The molecule has 1 aromatic heterocycles. The molecule has 0 aliphatic carbocycles. The number of alkyl halides is 3. The van der Waals surface area contributed by atoms with Crippen LogP contribution in [0, 0.1) is 6.92 Å². The molecule has 2 N–H and O–H groups in total. The van der Waals surface area contributed by atoms with Gasteiger partial charge in [0, 0.05) is 5.69 Å². The molecule has 0 bridgehead atoms. The average Bonchev–Trinajstić information content (AvgIpc) is 2.54. The molecule has 1 aromatic carbocycles. The fourth-order valence-corrected chi connectivity index (χ4v) is 2.38. The first-order valence-corrected chi connectivity index (χ1v) is 7.33. The number of esters is 1. The lowest BCUT2D eigenvalue weighted by Gasteiger charge is -2.22. The summed E-state index contributed by atoms with van der Waals surface area (Å²) in [6.07, 6.45) is -4.78. The quantitative estimate of drug-likeness (QED) is 0.812. The van der Waals surface area contributed by atoms with Crippen LogP contribution in [0.25, 0.3) is 0 Å². The van der Waals surface area contributed by atoms with Crippen LogP contribution >= 0.6 is 11.6 Å². The van der Waals surface area contributed by atoms with Gasteiger partial charge in [0.2, 0.25) is 5.95 Å². The zero-order valence-electron chi connectivity index (χ0n) is 13.5. The van der Waals surface area contributed by atoms with Gasteiger partial charge in [0.25, 0.3) is 0 Å². The summed E-state index contributed by atoms with van der Waals surface area (Å²) in [4.78, 5) is 31.6. The largest absolute Gasteiger partial charge is 0.465 e. The number of carbonyl (C=O) groups excluding carboxylic acids is 2. The average molecular weight is 389 g/mol. The lowest BCUT2D eigenvalue weighted by atomic mass is 10.1. The normalized spacial score (nSPS) is 11.2. The number of carbonyl (C=O) groups is 2. The molecule has 2 rings (SSSR count). The summed E-state index contributed by atoms with van der Waals surface area (Å²) < 4.78 is 43.7. The van der Waals surface area contributed by atoms with E-state index in [0.717, 1.165) is 7.11 Å². The van der Waals surface area contributed by atoms with E-state index in [1.54, 1.807) is 0 Å². The first-order valence-electron chi connectivity index (χ1n) is 6.95. The minimum Gasteiger partial charge on any atom is -0.465 e. The number of para-hydroxylation sites is 1. The van der Waals surface area contributed by atoms with E-state index >= 15 is 0 Å². The summed E-state index contributed by atoms with van der Waals surface area (Å²) in [5, 5.41) is -0.134. The number of aryl methyl sites for hydroxylation is 1. The predicted molar refractivity (Wildman–Crippen MR) is 86.3 cm³/mol. The van der Waals surface area contributed by atoms with E-state index in [9.17, 15) is 22.8 Å². The molecule has 26 heavy (non-hydrogen) atoms. The molecule has 7 nitrogen and oxygen atoms in total. The Morgan fingerprint density at radius 2 is 1.92 bits per heavy atom. The highest BCUT2D eigenvalue weighted by Gasteiger charge is 2.35. The summed E-state index contributed by atoms with van der Waals surface area (Å²) in [5.41, 5.74) is 3.47. The van der Waals surface area contributed by atoms with Gasteiger partial charge in [0.1, 0.15) is 5.69 Å². The van der Waals surface area contributed by atoms with Crippen molar-refractivity contribution in [2.24, 2.45) is 5.73 Å². The number of halogens is 4. The molecule has 138 valence electrons. The Balaban J connectivity index is 2.76. The Morgan fingerprint density at radius 1 is 1.27 bits per heavy atom. The van der Waals surface area contributed by atoms with Crippen LogP contribution in [0.4, 0.5) is 29.6 Å². The maximum atomic E-state index is 13.0. The second kappa shape index (κ2) is 7.16. The molecule has 0 unspecified atom stereocenters. The number of nitrogens with two attached hydrogens (primary N) is 1. The van der Waals surface area contributed by atoms with E-state index in [0.29, 0.717) is 11.0 Å². The number of methoxy groups -OCH3 is 1. The highest BCUT2D eigenvalue weighted by atomic mass is 35.5. The molecule has 2 amide bonds. The fourth-order valence-electron chi connectivity index (χ4n) is 2.12. The lowest BCUT2D eigenvalue weighted by molar-refractivity contribution is -0.141. The van der Waals surface area contributed by atoms with Gasteiger partial charge < -0.3 is 10.5 Å². The van der Waals surface area contributed by atoms with Gasteiger partial charge in [-0.2, -0.15) is 13.2 Å². The fraction of sp³-hybridized carbons (Fsp3) is 0.200. The number of hydrogen-bond donors (Lipinski definition) is 1. The summed E-state index contributed by atoms with van der Waals surface area (Å²) >= 11 is 6.05. The molecule has 0 saturated heterocycles. The molecule has 2 aromatic rings. The number of amides is 2. The Morgan fingerprint density at radius 3 is 2.46 bits per heavy atom. The number of nitrogens with zero attached hydrogens (tertiary/aromatic N) is 3. The van der Waals surface area contributed by atoms with Crippen molar-refractivity contribution in [3.05, 3.63) is 46.2 Å². The molecule has 0 atom stereocenters. The Kier molecular flexibility index (Phi) is 5.36. The zero-order chi connectivity index (χ0) is 19.6. The van der Waals surface area contributed by atoms with E-state index in [1.807, 2.05) is 0 Å². The number of hydrogen-bond acceptors (Lipinski definition) is 5. The van der Waals surface area contributed by atoms with Crippen LogP contribution in [0.15, 0.2) is 24.3 Å². The van der Waals surface area contributed by atoms with Crippen molar-refractivity contribution < 1.29 is 27.5 Å². The van der Waals surface area contributed by atoms with E-state index in [2.05, 4.69) is 14.7 Å². The third kappa shape index (κ3) is 3.85. The van der Waals surface area contributed by atoms with Gasteiger partial charge in [-0.1, -0.05) is 17.7 Å². The van der Waals surface area contributed by atoms with E-state index < -0.39 is 29.8 Å². The van der Waals surface area contributed by atoms with Crippen molar-refractivity contribution >= 4 is 35.2 Å². The van der Waals surface area contributed by atoms with Crippen molar-refractivity contribution in [1.29, 1.82) is 0 Å². The van der Waals surface area contributed by atoms with Crippen molar-refractivity contribution in [1.82, 2.24) is 9.97 Å². The number of urea groups is 1. The Hall–Kier alpha value is -2.88. The van der Waals surface area contributed by atoms with Crippen LogP contribution in [0.5, 0.6) is 0 Å². The first kappa shape index (κ1) is 19.4. The van der Waals surface area contributed by atoms with Gasteiger partial charge in [0.05, 0.1) is 23.4 Å². The van der Waals surface area contributed by atoms with Crippen molar-refractivity contribution in [3.8, 4) is 0 Å². The van der Waals surface area contributed by atoms with Gasteiger partial charge in [-0.3, -0.25) is 0 Å². The number of rotatable bonds is 3. The number of ether oxygens (including phenoxy) is 1. The topological polar surface area (TPSA) is 98.4 Å². The standard InChI is InChI=1S/C15H12ClF3N4O3/c1-7-6-10(15(17,18)19)22-14(21-7)23(13(20)25)11-8(12(24)26-2)4-3-5-9(11)16/h3-6H,1-2H3,(H2,20,25). The van der Waals surface area contributed by atoms with Gasteiger partial charge in [0.15, 0.2) is 0 Å². The zero-order valence-corrected chi connectivity index (χ0v) is 14.2. The maximum Gasteiger partial charge on any atom is 0.433 e. The molecular weight excluding hydrogens is 377 g/mol. The molecule has 0 aliphatic rings.